The predicted octanol–water partition coefficient (Wildman–Crippen LogP) is 9.41. The number of epoxide rings is 1. The number of hydrogen-bond acceptors (Lipinski definition) is 6. The van der Waals surface area contributed by atoms with Gasteiger partial charge in [-0.15, -0.1) is 0 Å². The van der Waals surface area contributed by atoms with Crippen LogP contribution in [0.5, 0.6) is 0 Å². The fraction of sp³-hybridized carbons (Fsp3) is 0.692. The first-order chi connectivity index (χ1) is 28.4. The quantitative estimate of drug-likeness (QED) is 0.185. The van der Waals surface area contributed by atoms with E-state index in [1.54, 1.807) is 0 Å². The molecule has 4 saturated carbocycles. The van der Waals surface area contributed by atoms with Crippen molar-refractivity contribution in [2.75, 3.05) is 13.2 Å². The molecule has 11 atom stereocenters. The number of aromatic nitrogens is 2. The minimum atomic E-state index is -0.689. The molecule has 7 aliphatic rings. The minimum Gasteiger partial charge on any atom is -0.392 e. The molecule has 8 nitrogen and oxygen atoms in total. The van der Waals surface area contributed by atoms with E-state index in [9.17, 15) is 15.0 Å². The van der Waals surface area contributed by atoms with Gasteiger partial charge in [-0.1, -0.05) is 64.8 Å². The van der Waals surface area contributed by atoms with E-state index in [-0.39, 0.29) is 57.9 Å². The molecule has 324 valence electrons. The van der Waals surface area contributed by atoms with Crippen LogP contribution in [-0.4, -0.2) is 68.5 Å². The van der Waals surface area contributed by atoms with Crippen molar-refractivity contribution in [3.8, 4) is 0 Å². The summed E-state index contributed by atoms with van der Waals surface area (Å²) >= 11 is 0. The van der Waals surface area contributed by atoms with Crippen molar-refractivity contribution in [2.45, 2.75) is 162 Å². The van der Waals surface area contributed by atoms with Gasteiger partial charge in [0.05, 0.1) is 28.8 Å². The monoisotopic (exact) mass is 819 g/mol. The zero-order valence-electron chi connectivity index (χ0n) is 37.5. The van der Waals surface area contributed by atoms with Crippen LogP contribution in [0.4, 0.5) is 0 Å². The third-order valence-corrected chi connectivity index (χ3v) is 18.7. The van der Waals surface area contributed by atoms with Crippen molar-refractivity contribution in [3.05, 3.63) is 70.1 Å². The first-order valence-corrected chi connectivity index (χ1v) is 23.6. The van der Waals surface area contributed by atoms with Crippen LogP contribution in [-0.2, 0) is 32.0 Å². The average molecular weight is 819 g/mol. The molecule has 6 fully saturated rings. The van der Waals surface area contributed by atoms with Crippen LogP contribution >= 0.6 is 0 Å². The third-order valence-electron chi connectivity index (χ3n) is 18.7. The first kappa shape index (κ1) is 41.0. The number of Topliss-reactive ketones (excluding diaryl/α,β-unsaturated/α-hetero) is 2. The van der Waals surface area contributed by atoms with E-state index in [1.165, 1.54) is 27.8 Å². The maximum absolute atomic E-state index is 15.3. The molecule has 8 heteroatoms. The van der Waals surface area contributed by atoms with E-state index in [4.69, 9.17) is 9.47 Å². The lowest BCUT2D eigenvalue weighted by Gasteiger charge is -2.72. The second-order valence-corrected chi connectivity index (χ2v) is 22.5. The number of nitrogens with zero attached hydrogens (tertiary/aromatic N) is 1. The molecule has 60 heavy (non-hydrogen) atoms. The normalized spacial score (nSPS) is 38.1. The second kappa shape index (κ2) is 14.0. The number of aromatic amines is 1. The fourth-order valence-corrected chi connectivity index (χ4v) is 16.0. The van der Waals surface area contributed by atoms with Crippen LogP contribution in [0, 0.1) is 58.2 Å². The first-order valence-electron chi connectivity index (χ1n) is 23.6. The smallest absolute Gasteiger partial charge is 0.163 e. The van der Waals surface area contributed by atoms with Crippen LogP contribution < -0.4 is 0 Å². The zero-order valence-corrected chi connectivity index (χ0v) is 37.5. The third kappa shape index (κ3) is 5.81. The summed E-state index contributed by atoms with van der Waals surface area (Å²) in [7, 11) is 0. The average Bonchev–Trinajstić information content (AvgIpc) is 3.45. The van der Waals surface area contributed by atoms with Crippen LogP contribution in [0.1, 0.15) is 141 Å². The van der Waals surface area contributed by atoms with Crippen molar-refractivity contribution in [1.29, 1.82) is 0 Å². The van der Waals surface area contributed by atoms with Crippen molar-refractivity contribution in [1.82, 2.24) is 9.55 Å². The van der Waals surface area contributed by atoms with E-state index < -0.39 is 23.0 Å². The van der Waals surface area contributed by atoms with E-state index >= 15 is 4.79 Å². The number of carbonyl (C=O) groups is 2. The van der Waals surface area contributed by atoms with Crippen LogP contribution in [0.15, 0.2) is 47.8 Å². The number of ketones is 2. The predicted molar refractivity (Wildman–Crippen MR) is 234 cm³/mol. The molecule has 4 heterocycles. The zero-order chi connectivity index (χ0) is 42.3. The molecule has 2 aliphatic heterocycles. The molecule has 2 aromatic heterocycles. The molecule has 11 unspecified atom stereocenters. The number of fused-ring (bicyclic) bond motifs is 3. The number of allylic oxidation sites excluding steroid dienone is 1. The summed E-state index contributed by atoms with van der Waals surface area (Å²) in [5.41, 5.74) is 7.82. The number of aliphatic hydroxyl groups is 2. The van der Waals surface area contributed by atoms with Crippen LogP contribution in [0.3, 0.4) is 0 Å². The van der Waals surface area contributed by atoms with Gasteiger partial charge in [0.15, 0.2) is 5.78 Å². The SMILES string of the molecule is Cc1cc(Cc2cn(CC3C4=C(C(C)CC(O)C5OC5(C)C)C(=O)C5CCCC6(CCC7C(C)(C)C(=O)CCC7(C)C6C3O)C45C)c3cc[nH]c23)cc(C2CCOCC2)c1. The van der Waals surface area contributed by atoms with Gasteiger partial charge in [0.1, 0.15) is 11.9 Å². The van der Waals surface area contributed by atoms with Gasteiger partial charge in [-0.3, -0.25) is 9.59 Å². The van der Waals surface area contributed by atoms with E-state index in [0.29, 0.717) is 31.1 Å². The van der Waals surface area contributed by atoms with Gasteiger partial charge >= 0.3 is 0 Å². The Morgan fingerprint density at radius 2 is 1.73 bits per heavy atom. The molecule has 0 bridgehead atoms. The highest BCUT2D eigenvalue weighted by molar-refractivity contribution is 6.03. The van der Waals surface area contributed by atoms with E-state index in [0.717, 1.165) is 87.6 Å². The Bertz CT molecular complexity index is 2250. The maximum Gasteiger partial charge on any atom is 0.163 e. The number of ether oxygens (including phenoxy) is 2. The topological polar surface area (TPSA) is 117 Å². The molecule has 5 aliphatic carbocycles. The summed E-state index contributed by atoms with van der Waals surface area (Å²) in [6, 6.07) is 9.26. The molecule has 1 aromatic carbocycles. The van der Waals surface area contributed by atoms with Crippen molar-refractivity contribution in [3.63, 3.8) is 0 Å². The van der Waals surface area contributed by atoms with Gasteiger partial charge in [-0.05, 0) is 141 Å². The second-order valence-electron chi connectivity index (χ2n) is 22.5. The maximum atomic E-state index is 15.3. The highest BCUT2D eigenvalue weighted by Crippen LogP contribution is 2.79. The Balaban J connectivity index is 1.09. The van der Waals surface area contributed by atoms with Crippen LogP contribution in [0.2, 0.25) is 0 Å². The number of nitrogens with one attached hydrogen (secondary N) is 1. The summed E-state index contributed by atoms with van der Waals surface area (Å²) in [5.74, 6) is 0.656. The lowest BCUT2D eigenvalue weighted by molar-refractivity contribution is -0.243. The fourth-order valence-electron chi connectivity index (χ4n) is 16.0. The number of rotatable bonds is 9. The van der Waals surface area contributed by atoms with Crippen molar-refractivity contribution in [2.24, 2.45) is 51.2 Å². The van der Waals surface area contributed by atoms with E-state index in [1.807, 2.05) is 20.0 Å². The van der Waals surface area contributed by atoms with E-state index in [2.05, 4.69) is 81.6 Å². The number of benzene rings is 1. The Labute approximate surface area is 357 Å². The standard InChI is InChI=1S/C52H70N2O6/c1-29-22-31(25-33(23-29)32-14-20-59-21-15-32)26-34-27-54(37-13-19-53-43(34)37)28-35-42-41(30(2)24-38(55)47-49(5,6)60-47)45(58)36-10-9-16-52(51(36,42)8)18-11-39-48(3,4)40(56)12-17-50(39,7)46(52)44(35)57/h13,19,22-23,25,27,30,32,35-36,38-39,44,46-47,53,55,57H,9-12,14-18,20-21,24,26,28H2,1-8H3. The van der Waals surface area contributed by atoms with Gasteiger partial charge in [0, 0.05) is 67.7 Å². The van der Waals surface area contributed by atoms with Crippen molar-refractivity contribution >= 4 is 22.6 Å². The number of H-pyrrole nitrogens is 1. The van der Waals surface area contributed by atoms with Gasteiger partial charge in [0.2, 0.25) is 0 Å². The Kier molecular flexibility index (Phi) is 9.55. The summed E-state index contributed by atoms with van der Waals surface area (Å²) < 4.78 is 14.0. The molecule has 0 radical (unpaired) electrons. The number of aryl methyl sites for hydroxylation is 1. The van der Waals surface area contributed by atoms with Crippen LogP contribution in [0.25, 0.3) is 11.0 Å². The van der Waals surface area contributed by atoms with Crippen molar-refractivity contribution < 1.29 is 29.3 Å². The van der Waals surface area contributed by atoms with Gasteiger partial charge in [0.25, 0.3) is 0 Å². The molecular weight excluding hydrogens is 749 g/mol. The Hall–Kier alpha value is -3.04. The van der Waals surface area contributed by atoms with Gasteiger partial charge < -0.3 is 29.2 Å². The number of carbonyl (C=O) groups excluding carboxylic acids is 2. The summed E-state index contributed by atoms with van der Waals surface area (Å²) in [4.78, 5) is 32.6. The lowest BCUT2D eigenvalue weighted by atomic mass is 9.31. The molecule has 2 saturated heterocycles. The summed E-state index contributed by atoms with van der Waals surface area (Å²) in [5, 5.41) is 25.1. The minimum absolute atomic E-state index is 0.0426. The lowest BCUT2D eigenvalue weighted by Crippen LogP contribution is -2.70. The highest BCUT2D eigenvalue weighted by atomic mass is 16.6. The molecule has 3 N–H and O–H groups in total. The largest absolute Gasteiger partial charge is 0.392 e. The molecule has 0 amide bonds. The summed E-state index contributed by atoms with van der Waals surface area (Å²) in [6.45, 7) is 19.8. The highest BCUT2D eigenvalue weighted by Gasteiger charge is 2.76. The number of hydrogen-bond donors (Lipinski definition) is 3. The molecule has 3 aromatic rings. The van der Waals surface area contributed by atoms with Gasteiger partial charge in [-0.2, -0.15) is 0 Å². The number of aliphatic hydroxyl groups excluding tert-OH is 2. The molecular formula is C52H70N2O6. The van der Waals surface area contributed by atoms with Gasteiger partial charge in [-0.25, -0.2) is 0 Å². The molecule has 1 spiro atoms. The Morgan fingerprint density at radius 3 is 2.47 bits per heavy atom. The molecule has 10 rings (SSSR count). The Morgan fingerprint density at radius 1 is 0.983 bits per heavy atom. The summed E-state index contributed by atoms with van der Waals surface area (Å²) in [6.07, 6.45) is 12.2.